The van der Waals surface area contributed by atoms with Crippen LogP contribution in [0.1, 0.15) is 105 Å². The number of oxazole rings is 4. The maximum absolute atomic E-state index is 12.7. The monoisotopic (exact) mass is 1830 g/mol. The molecule has 0 aliphatic heterocycles. The molecule has 15 rings (SSSR count). The quantitative estimate of drug-likeness (QED) is 0.0140. The molecule has 129 heavy (non-hydrogen) atoms. The third kappa shape index (κ3) is 28.8. The van der Waals surface area contributed by atoms with Gasteiger partial charge in [0.25, 0.3) is 11.8 Å². The lowest BCUT2D eigenvalue weighted by Gasteiger charge is -2.06. The zero-order valence-electron chi connectivity index (χ0n) is 64.8. The molecule has 0 unspecified atom stereocenters. The number of nitrogens with one attached hydrogen (secondary N) is 6. The van der Waals surface area contributed by atoms with Crippen molar-refractivity contribution in [3.8, 4) is 45.3 Å². The molecule has 5 aromatic carbocycles. The van der Waals surface area contributed by atoms with Gasteiger partial charge in [0, 0.05) is 36.1 Å². The van der Waals surface area contributed by atoms with Crippen LogP contribution in [0.4, 0.5) is 100 Å². The van der Waals surface area contributed by atoms with Crippen molar-refractivity contribution < 1.29 is 119 Å². The highest BCUT2D eigenvalue weighted by Gasteiger charge is 2.33. The maximum atomic E-state index is 12.7. The lowest BCUT2D eigenvalue weighted by atomic mass is 10.1. The van der Waals surface area contributed by atoms with Gasteiger partial charge in [0.1, 0.15) is 11.4 Å². The molecule has 0 atom stereocenters. The van der Waals surface area contributed by atoms with E-state index >= 15 is 0 Å². The number of hydroxylamine groups is 2. The number of alkyl halides is 12. The second-order valence-electron chi connectivity index (χ2n) is 25.0. The molecule has 0 aliphatic carbocycles. The fourth-order valence-corrected chi connectivity index (χ4v) is 9.74. The van der Waals surface area contributed by atoms with Crippen LogP contribution in [0.5, 0.6) is 0 Å². The molecule has 9 N–H and O–H groups in total. The van der Waals surface area contributed by atoms with Gasteiger partial charge in [-0.05, 0) is 127 Å². The molecule has 0 bridgehead atoms. The van der Waals surface area contributed by atoms with Crippen LogP contribution in [-0.2, 0) is 36.1 Å². The third-order valence-electron chi connectivity index (χ3n) is 15.8. The Balaban J connectivity index is 0.000000167. The lowest BCUT2D eigenvalue weighted by molar-refractivity contribution is -0.138. The molecule has 0 spiro atoms. The summed E-state index contributed by atoms with van der Waals surface area (Å²) in [5.74, 6) is -1.97. The van der Waals surface area contributed by atoms with Gasteiger partial charge < -0.3 is 27.9 Å². The molecule has 50 heteroatoms. The van der Waals surface area contributed by atoms with Gasteiger partial charge in [-0.1, -0.05) is 102 Å². The summed E-state index contributed by atoms with van der Waals surface area (Å²) in [6.45, 7) is 3.00. The number of aromatic carboxylic acids is 2. The summed E-state index contributed by atoms with van der Waals surface area (Å²) < 4.78 is 173. The first-order chi connectivity index (χ1) is 61.3. The van der Waals surface area contributed by atoms with Crippen LogP contribution in [0, 0.1) is 0 Å². The Labute approximate surface area is 723 Å². The third-order valence-corrected chi connectivity index (χ3v) is 16.2. The number of hydrogen-bond donors (Lipinski definition) is 9. The highest BCUT2D eigenvalue weighted by Crippen LogP contribution is 2.37. The molecule has 10 heterocycles. The number of aromatic nitrogens is 16. The lowest BCUT2D eigenvalue weighted by Crippen LogP contribution is -2.24. The molecule has 15 aromatic rings. The smallest absolute Gasteiger partial charge is 0.416 e. The molecule has 0 aliphatic rings. The Morgan fingerprint density at radius 1 is 0.333 bits per heavy atom. The van der Waals surface area contributed by atoms with E-state index in [9.17, 15) is 81.5 Å². The van der Waals surface area contributed by atoms with Gasteiger partial charge >= 0.3 is 60.7 Å². The van der Waals surface area contributed by atoms with Gasteiger partial charge in [-0.2, -0.15) is 52.7 Å². The average Bonchev–Trinajstić information content (AvgIpc) is 1.67. The molecule has 0 fully saturated rings. The van der Waals surface area contributed by atoms with E-state index in [4.69, 9.17) is 61.1 Å². The Kier molecular flexibility index (Phi) is 31.7. The Morgan fingerprint density at radius 2 is 0.597 bits per heavy atom. The van der Waals surface area contributed by atoms with Gasteiger partial charge in [-0.15, -0.1) is 61.2 Å². The first-order valence-corrected chi connectivity index (χ1v) is 36.4. The zero-order chi connectivity index (χ0) is 93.2. The molecule has 10 aromatic heterocycles. The number of nitrogens with zero attached hydrogens (tertiary/aromatic N) is 16. The molecule has 0 radical (unpaired) electrons. The summed E-state index contributed by atoms with van der Waals surface area (Å²) in [6.07, 6.45) is -12.2. The standard InChI is InChI=1S/C22H16F3N5O3.C16H11F3N4O2.C15H10F3N5O3.C15H9F3N4O3.C6H5ClN2O.C5H3ClN2O2/c23-22(24,25)16-8-6-15(7-9-16)18-12-26-21(33-18)27-19-11-10-17(28-29-19)20(31)30-32-13-14-4-2-1-3-5-14;1-9(24)12-6-7-14(23-22-12)21-15-20-8-13(25-15)10-2-4-11(5-3-10)16(17,18)19;16-15(17,18)9-3-1-8(2-4-9)11-7-19-14(26-11)20-12-6-5-10(21-22-12)13(24)23-25;16-15(17,18)9-3-1-8(2-4-9)11-7-19-14(25-11)20-12-6-5-10(13(23)24)21-22-12;1-4(10)5-2-3-6(7)9-8-5;6-4-2-1-3(5(9)10)7-8-4/h1-12H,13H2,(H,30,31)(H,26,27,29);2-8H,1H3,(H,20,21,23);1-7,25H,(H,23,24)(H,19,20,22);1-7H,(H,23,24)(H,19,20,22);2-3H,1H3;1-2H,(H,9,10). The van der Waals surface area contributed by atoms with E-state index < -0.39 is 70.7 Å². The minimum absolute atomic E-state index is 0.0338. The first kappa shape index (κ1) is 94.7. The number of amides is 2. The van der Waals surface area contributed by atoms with Gasteiger partial charge in [-0.3, -0.25) is 50.5 Å². The van der Waals surface area contributed by atoms with E-state index in [1.165, 1.54) is 165 Å². The van der Waals surface area contributed by atoms with Crippen molar-refractivity contribution in [3.63, 3.8) is 0 Å². The van der Waals surface area contributed by atoms with E-state index in [1.54, 1.807) is 0 Å². The SMILES string of the molecule is CC(=O)c1ccc(Cl)nn1.CC(=O)c1ccc(Nc2ncc(-c3ccc(C(F)(F)F)cc3)o2)nn1.O=C(NO)c1ccc(Nc2ncc(-c3ccc(C(F)(F)F)cc3)o2)nn1.O=C(NOCc1ccccc1)c1ccc(Nc2ncc(-c3ccc(C(F)(F)F)cc3)o2)nn1.O=C(O)c1ccc(Cl)nn1.O=C(O)c1ccc(Nc2ncc(-c3ccc(C(F)(F)F)cc3)o2)nn1. The summed E-state index contributed by atoms with van der Waals surface area (Å²) in [5.41, 5.74) is 3.47. The largest absolute Gasteiger partial charge is 0.476 e. The number of benzene rings is 5. The number of halogens is 14. The van der Waals surface area contributed by atoms with Crippen molar-refractivity contribution in [3.05, 3.63) is 297 Å². The molecule has 0 saturated carbocycles. The van der Waals surface area contributed by atoms with Gasteiger partial charge in [0.2, 0.25) is 0 Å². The van der Waals surface area contributed by atoms with E-state index in [2.05, 4.69) is 108 Å². The van der Waals surface area contributed by atoms with E-state index in [-0.39, 0.29) is 111 Å². The number of ketones is 2. The van der Waals surface area contributed by atoms with Crippen LogP contribution < -0.4 is 32.2 Å². The van der Waals surface area contributed by atoms with Crippen LogP contribution in [0.25, 0.3) is 45.3 Å². The number of carbonyl (C=O) groups is 6. The number of carbonyl (C=O) groups excluding carboxylic acids is 4. The van der Waals surface area contributed by atoms with Crippen molar-refractivity contribution >= 4 is 106 Å². The number of anilines is 8. The topological polar surface area (TPSA) is 503 Å². The minimum Gasteiger partial charge on any atom is -0.476 e. The maximum Gasteiger partial charge on any atom is 0.416 e. The van der Waals surface area contributed by atoms with Crippen molar-refractivity contribution in [1.82, 2.24) is 92.1 Å². The number of hydrogen-bond acceptors (Lipinski definition) is 32. The van der Waals surface area contributed by atoms with Gasteiger partial charge in [0.15, 0.2) is 91.0 Å². The molecule has 0 saturated heterocycles. The molecule has 36 nitrogen and oxygen atoms in total. The minimum atomic E-state index is -4.41. The van der Waals surface area contributed by atoms with Crippen molar-refractivity contribution in [1.29, 1.82) is 0 Å². The van der Waals surface area contributed by atoms with Gasteiger partial charge in [-0.25, -0.2) is 40.5 Å². The van der Waals surface area contributed by atoms with Crippen LogP contribution >= 0.6 is 23.2 Å². The molecular formula is C79H54Cl2F12N22O14. The second-order valence-corrected chi connectivity index (χ2v) is 25.8. The zero-order valence-corrected chi connectivity index (χ0v) is 66.4. The van der Waals surface area contributed by atoms with Gasteiger partial charge in [0.05, 0.1) is 53.6 Å². The van der Waals surface area contributed by atoms with Crippen molar-refractivity contribution in [2.24, 2.45) is 0 Å². The number of rotatable bonds is 21. The normalized spacial score (nSPS) is 11.0. The summed E-state index contributed by atoms with van der Waals surface area (Å²) in [4.78, 5) is 86.9. The summed E-state index contributed by atoms with van der Waals surface area (Å²) >= 11 is 10.8. The molecule has 2 amide bonds. The summed E-state index contributed by atoms with van der Waals surface area (Å²) in [5, 5.41) is 80.3. The van der Waals surface area contributed by atoms with Crippen LogP contribution in [0.3, 0.4) is 0 Å². The van der Waals surface area contributed by atoms with Crippen molar-refractivity contribution in [2.75, 3.05) is 21.3 Å². The predicted molar refractivity (Wildman–Crippen MR) is 425 cm³/mol. The van der Waals surface area contributed by atoms with E-state index in [1.807, 2.05) is 30.3 Å². The highest BCUT2D eigenvalue weighted by molar-refractivity contribution is 6.29. The Morgan fingerprint density at radius 3 is 0.845 bits per heavy atom. The van der Waals surface area contributed by atoms with Crippen molar-refractivity contribution in [2.45, 2.75) is 45.2 Å². The fourth-order valence-electron chi connectivity index (χ4n) is 9.54. The Hall–Kier alpha value is -16.5. The average molecular weight is 1830 g/mol. The van der Waals surface area contributed by atoms with E-state index in [0.29, 0.717) is 44.7 Å². The van der Waals surface area contributed by atoms with Crippen LogP contribution in [0.15, 0.2) is 243 Å². The summed E-state index contributed by atoms with van der Waals surface area (Å²) in [7, 11) is 0. The highest BCUT2D eigenvalue weighted by atomic mass is 35.5. The summed E-state index contributed by atoms with van der Waals surface area (Å²) in [6, 6.07) is 44.5. The number of carboxylic acid groups (broad SMARTS) is 2. The Bertz CT molecular complexity index is 6050. The van der Waals surface area contributed by atoms with Crippen LogP contribution in [0.2, 0.25) is 10.3 Å². The fraction of sp³-hybridized carbons (Fsp3) is 0.0886. The predicted octanol–water partition coefficient (Wildman–Crippen LogP) is 17.6. The second kappa shape index (κ2) is 43.2. The molecular weight excluding hydrogens is 1780 g/mol. The first-order valence-electron chi connectivity index (χ1n) is 35.6. The number of Topliss-reactive ketones (excluding diaryl/α,β-unsaturated/α-hetero) is 2. The van der Waals surface area contributed by atoms with Crippen LogP contribution in [-0.4, -0.2) is 132 Å². The molecule has 662 valence electrons. The van der Waals surface area contributed by atoms with E-state index in [0.717, 1.165) is 54.1 Å². The number of carboxylic acids is 2.